The summed E-state index contributed by atoms with van der Waals surface area (Å²) in [4.78, 5) is 14.3. The van der Waals surface area contributed by atoms with E-state index in [1.54, 1.807) is 18.2 Å². The fourth-order valence-corrected chi connectivity index (χ4v) is 3.18. The molecule has 2 aromatic carbocycles. The molecule has 0 spiro atoms. The number of benzene rings is 2. The van der Waals surface area contributed by atoms with Crippen LogP contribution in [0.2, 0.25) is 0 Å². The van der Waals surface area contributed by atoms with Gasteiger partial charge in [0.25, 0.3) is 0 Å². The van der Waals surface area contributed by atoms with Crippen LogP contribution < -0.4 is 4.90 Å². The smallest absolute Gasteiger partial charge is 0.337 e. The van der Waals surface area contributed by atoms with Crippen LogP contribution in [-0.4, -0.2) is 33.8 Å². The maximum absolute atomic E-state index is 11.2. The largest absolute Gasteiger partial charge is 0.478 e. The Labute approximate surface area is 170 Å². The van der Waals surface area contributed by atoms with Gasteiger partial charge in [0.2, 0.25) is 0 Å². The van der Waals surface area contributed by atoms with Crippen molar-refractivity contribution in [3.8, 4) is 0 Å². The lowest BCUT2D eigenvalue weighted by atomic mass is 10.2. The van der Waals surface area contributed by atoms with Gasteiger partial charge in [0.05, 0.1) is 11.3 Å². The lowest BCUT2D eigenvalue weighted by Crippen LogP contribution is -2.33. The number of halogens is 2. The molecule has 2 unspecified atom stereocenters. The third-order valence-corrected chi connectivity index (χ3v) is 4.15. The van der Waals surface area contributed by atoms with Crippen LogP contribution in [0, 0.1) is 0 Å². The monoisotopic (exact) mass is 481 g/mol. The summed E-state index contributed by atoms with van der Waals surface area (Å²) in [5, 5.41) is 17.4. The molecule has 138 valence electrons. The number of hydrogen-bond donors (Lipinski definition) is 1. The number of carboxylic acids is 1. The van der Waals surface area contributed by atoms with Gasteiger partial charge in [-0.2, -0.15) is 5.11 Å². The van der Waals surface area contributed by atoms with Crippen LogP contribution in [0.25, 0.3) is 0 Å². The quantitative estimate of drug-likeness (QED) is 0.361. The molecular weight excluding hydrogens is 462 g/mol. The average molecular weight is 483 g/mol. The van der Waals surface area contributed by atoms with E-state index in [-0.39, 0.29) is 5.56 Å². The zero-order valence-corrected chi connectivity index (χ0v) is 17.8. The number of aromatic carboxylic acids is 1. The van der Waals surface area contributed by atoms with E-state index in [2.05, 4.69) is 60.8 Å². The summed E-state index contributed by atoms with van der Waals surface area (Å²) in [5.41, 5.74) is 2.25. The topological polar surface area (TPSA) is 65.3 Å². The van der Waals surface area contributed by atoms with Crippen molar-refractivity contribution in [3.63, 3.8) is 0 Å². The van der Waals surface area contributed by atoms with Crippen LogP contribution >= 0.6 is 31.9 Å². The first-order chi connectivity index (χ1) is 12.4. The molecule has 2 rings (SSSR count). The number of alkyl halides is 2. The first-order valence-electron chi connectivity index (χ1n) is 8.24. The predicted octanol–water partition coefficient (Wildman–Crippen LogP) is 6.17. The van der Waals surface area contributed by atoms with Gasteiger partial charge in [-0.1, -0.05) is 57.8 Å². The Bertz CT molecular complexity index is 752. The molecule has 0 aliphatic rings. The Morgan fingerprint density at radius 2 is 1.58 bits per heavy atom. The zero-order chi connectivity index (χ0) is 19.1. The summed E-state index contributed by atoms with van der Waals surface area (Å²) in [5.74, 6) is -1.02. The molecule has 0 saturated carbocycles. The molecule has 0 heterocycles. The molecular formula is C19H21Br2N3O2. The van der Waals surface area contributed by atoms with Gasteiger partial charge in [-0.15, -0.1) is 5.11 Å². The molecule has 0 radical (unpaired) electrons. The maximum atomic E-state index is 11.2. The third-order valence-electron chi connectivity index (χ3n) is 3.57. The lowest BCUT2D eigenvalue weighted by molar-refractivity contribution is 0.0697. The molecule has 0 aliphatic heterocycles. The molecule has 2 atom stereocenters. The van der Waals surface area contributed by atoms with Crippen LogP contribution in [0.4, 0.5) is 17.1 Å². The molecule has 0 bridgehead atoms. The Morgan fingerprint density at radius 3 is 2.12 bits per heavy atom. The number of azo groups is 1. The van der Waals surface area contributed by atoms with Crippen molar-refractivity contribution in [2.45, 2.75) is 23.5 Å². The van der Waals surface area contributed by atoms with E-state index in [1.807, 2.05) is 24.3 Å². The number of carbonyl (C=O) groups is 1. The van der Waals surface area contributed by atoms with Crippen LogP contribution in [0.1, 0.15) is 24.2 Å². The second kappa shape index (κ2) is 9.83. The highest BCUT2D eigenvalue weighted by Gasteiger charge is 2.12. The normalized spacial score (nSPS) is 13.5. The van der Waals surface area contributed by atoms with Crippen LogP contribution in [0.5, 0.6) is 0 Å². The fraction of sp³-hybridized carbons (Fsp3) is 0.316. The summed E-state index contributed by atoms with van der Waals surface area (Å²) in [7, 11) is 0. The van der Waals surface area contributed by atoms with E-state index in [0.717, 1.165) is 18.8 Å². The minimum absolute atomic E-state index is 0.136. The van der Waals surface area contributed by atoms with Crippen molar-refractivity contribution in [1.29, 1.82) is 0 Å². The molecule has 1 N–H and O–H groups in total. The van der Waals surface area contributed by atoms with Crippen molar-refractivity contribution in [1.82, 2.24) is 0 Å². The molecule has 0 saturated heterocycles. The number of anilines is 1. The summed E-state index contributed by atoms with van der Waals surface area (Å²) < 4.78 is 0. The zero-order valence-electron chi connectivity index (χ0n) is 14.6. The predicted molar refractivity (Wildman–Crippen MR) is 113 cm³/mol. The van der Waals surface area contributed by atoms with E-state index in [0.29, 0.717) is 21.0 Å². The number of rotatable bonds is 8. The van der Waals surface area contributed by atoms with Crippen LogP contribution in [0.3, 0.4) is 0 Å². The summed E-state index contributed by atoms with van der Waals surface area (Å²) >= 11 is 7.21. The molecule has 0 fully saturated rings. The van der Waals surface area contributed by atoms with E-state index in [1.165, 1.54) is 6.07 Å². The van der Waals surface area contributed by atoms with Gasteiger partial charge in [0, 0.05) is 28.4 Å². The fourth-order valence-electron chi connectivity index (χ4n) is 2.48. The standard InChI is InChI=1S/C19H21Br2N3O2/c1-13(20)11-24(12-14(2)21)16-9-7-15(8-10-16)22-23-18-6-4-3-5-17(18)19(25)26/h3-10,13-14H,11-12H2,1-2H3,(H,25,26). The second-order valence-electron chi connectivity index (χ2n) is 6.01. The van der Waals surface area contributed by atoms with E-state index >= 15 is 0 Å². The number of nitrogens with zero attached hydrogens (tertiary/aromatic N) is 3. The van der Waals surface area contributed by atoms with Gasteiger partial charge < -0.3 is 10.0 Å². The van der Waals surface area contributed by atoms with Gasteiger partial charge in [0.15, 0.2) is 0 Å². The van der Waals surface area contributed by atoms with Crippen molar-refractivity contribution < 1.29 is 9.90 Å². The number of hydrogen-bond acceptors (Lipinski definition) is 4. The van der Waals surface area contributed by atoms with E-state index in [4.69, 9.17) is 0 Å². The maximum Gasteiger partial charge on any atom is 0.337 e. The molecule has 5 nitrogen and oxygen atoms in total. The minimum Gasteiger partial charge on any atom is -0.478 e. The van der Waals surface area contributed by atoms with Gasteiger partial charge >= 0.3 is 5.97 Å². The summed E-state index contributed by atoms with van der Waals surface area (Å²) in [6.07, 6.45) is 0. The third kappa shape index (κ3) is 6.21. The molecule has 26 heavy (non-hydrogen) atoms. The molecule has 0 aliphatic carbocycles. The van der Waals surface area contributed by atoms with E-state index in [9.17, 15) is 9.90 Å². The van der Waals surface area contributed by atoms with Crippen LogP contribution in [0.15, 0.2) is 58.8 Å². The highest BCUT2D eigenvalue weighted by molar-refractivity contribution is 9.09. The Balaban J connectivity index is 2.17. The van der Waals surface area contributed by atoms with Crippen molar-refractivity contribution >= 4 is 54.9 Å². The van der Waals surface area contributed by atoms with Gasteiger partial charge in [-0.3, -0.25) is 0 Å². The Morgan fingerprint density at radius 1 is 1.00 bits per heavy atom. The SMILES string of the molecule is CC(Br)CN(CC(C)Br)c1ccc(N=Nc2ccccc2C(=O)O)cc1. The average Bonchev–Trinajstić information content (AvgIpc) is 2.59. The molecule has 2 aromatic rings. The van der Waals surface area contributed by atoms with Crippen molar-refractivity contribution in [2.24, 2.45) is 10.2 Å². The highest BCUT2D eigenvalue weighted by atomic mass is 79.9. The van der Waals surface area contributed by atoms with E-state index < -0.39 is 5.97 Å². The van der Waals surface area contributed by atoms with Gasteiger partial charge in [-0.25, -0.2) is 4.79 Å². The summed E-state index contributed by atoms with van der Waals surface area (Å²) in [6, 6.07) is 14.3. The lowest BCUT2D eigenvalue weighted by Gasteiger charge is -2.27. The highest BCUT2D eigenvalue weighted by Crippen LogP contribution is 2.25. The van der Waals surface area contributed by atoms with Crippen molar-refractivity contribution in [3.05, 3.63) is 54.1 Å². The van der Waals surface area contributed by atoms with Gasteiger partial charge in [-0.05, 0) is 36.4 Å². The minimum atomic E-state index is -1.02. The summed E-state index contributed by atoms with van der Waals surface area (Å²) in [6.45, 7) is 6.02. The molecule has 0 amide bonds. The molecule has 7 heteroatoms. The van der Waals surface area contributed by atoms with Crippen molar-refractivity contribution in [2.75, 3.05) is 18.0 Å². The number of carboxylic acid groups (broad SMARTS) is 1. The first-order valence-corrected chi connectivity index (χ1v) is 10.1. The van der Waals surface area contributed by atoms with Crippen LogP contribution in [-0.2, 0) is 0 Å². The van der Waals surface area contributed by atoms with Gasteiger partial charge in [0.1, 0.15) is 5.69 Å². The molecule has 0 aromatic heterocycles. The Kier molecular flexibility index (Phi) is 7.78. The first kappa shape index (κ1) is 20.6. The second-order valence-corrected chi connectivity index (χ2v) is 9.13. The Hall–Kier alpha value is -1.73.